The third-order valence-corrected chi connectivity index (χ3v) is 5.33. The van der Waals surface area contributed by atoms with Crippen LogP contribution in [0.3, 0.4) is 0 Å². The Labute approximate surface area is 111 Å². The van der Waals surface area contributed by atoms with Crippen LogP contribution in [0.25, 0.3) is 0 Å². The Morgan fingerprint density at radius 1 is 0.812 bits per heavy atom. The minimum atomic E-state index is -0.704. The fourth-order valence-corrected chi connectivity index (χ4v) is 4.70. The number of benzene rings is 2. The zero-order valence-electron chi connectivity index (χ0n) is 8.94. The summed E-state index contributed by atoms with van der Waals surface area (Å²) >= 11 is -0.704. The molecule has 0 N–H and O–H groups in total. The molecule has 0 saturated heterocycles. The fourth-order valence-electron chi connectivity index (χ4n) is 1.88. The first kappa shape index (κ1) is 12.0. The molecule has 0 heterocycles. The van der Waals surface area contributed by atoms with Crippen molar-refractivity contribution in [3.8, 4) is 0 Å². The first-order chi connectivity index (χ1) is 7.92. The van der Waals surface area contributed by atoms with Crippen LogP contribution in [-0.2, 0) is 0 Å². The summed E-state index contributed by atoms with van der Waals surface area (Å²) in [6.45, 7) is 0. The molecule has 0 aliphatic heterocycles. The van der Waals surface area contributed by atoms with E-state index in [4.69, 9.17) is 8.92 Å². The van der Waals surface area contributed by atoms with Crippen molar-refractivity contribution in [2.45, 2.75) is 10.4 Å². The fraction of sp³-hybridized carbons (Fsp3) is 0.143. The van der Waals surface area contributed by atoms with Crippen molar-refractivity contribution in [3.05, 3.63) is 71.8 Å². The van der Waals surface area contributed by atoms with E-state index >= 15 is 0 Å². The molecule has 0 nitrogen and oxygen atoms in total. The quantitative estimate of drug-likeness (QED) is 0.738. The van der Waals surface area contributed by atoms with Crippen LogP contribution in [0.1, 0.15) is 17.0 Å². The molecular formula is C14H13ClSn. The maximum atomic E-state index is 6.07. The molecule has 0 saturated carbocycles. The number of hydrogen-bond donors (Lipinski definition) is 0. The average Bonchev–Trinajstić information content (AvgIpc) is 2.38. The van der Waals surface area contributed by atoms with Gasteiger partial charge in [-0.1, -0.05) is 0 Å². The maximum absolute atomic E-state index is 6.07. The Bertz CT molecular complexity index is 374. The van der Waals surface area contributed by atoms with Gasteiger partial charge in [0, 0.05) is 0 Å². The molecule has 2 aromatic carbocycles. The molecule has 0 bridgehead atoms. The van der Waals surface area contributed by atoms with Gasteiger partial charge < -0.3 is 0 Å². The van der Waals surface area contributed by atoms with Gasteiger partial charge in [0.1, 0.15) is 0 Å². The number of hydrogen-bond acceptors (Lipinski definition) is 0. The van der Waals surface area contributed by atoms with Crippen molar-refractivity contribution >= 4 is 28.9 Å². The van der Waals surface area contributed by atoms with Gasteiger partial charge in [-0.05, 0) is 0 Å². The summed E-state index contributed by atoms with van der Waals surface area (Å²) < 4.78 is 1.15. The van der Waals surface area contributed by atoms with Crippen LogP contribution in [0.15, 0.2) is 60.7 Å². The predicted octanol–water partition coefficient (Wildman–Crippen LogP) is 4.09. The summed E-state index contributed by atoms with van der Waals surface area (Å²) in [6.07, 6.45) is 0. The van der Waals surface area contributed by atoms with Crippen LogP contribution in [0.5, 0.6) is 0 Å². The molecule has 2 rings (SSSR count). The first-order valence-electron chi connectivity index (χ1n) is 5.35. The van der Waals surface area contributed by atoms with Gasteiger partial charge in [-0.3, -0.25) is 0 Å². The summed E-state index contributed by atoms with van der Waals surface area (Å²) in [6, 6.07) is 21.3. The van der Waals surface area contributed by atoms with Crippen LogP contribution < -0.4 is 0 Å². The monoisotopic (exact) mass is 336 g/mol. The van der Waals surface area contributed by atoms with Crippen LogP contribution in [0, 0.1) is 0 Å². The van der Waals surface area contributed by atoms with Gasteiger partial charge in [-0.2, -0.15) is 0 Å². The second-order valence-corrected chi connectivity index (χ2v) is 7.43. The molecule has 2 heteroatoms. The zero-order chi connectivity index (χ0) is 11.2. The molecule has 0 aliphatic rings. The second-order valence-electron chi connectivity index (χ2n) is 3.71. The van der Waals surface area contributed by atoms with Gasteiger partial charge in [0.2, 0.25) is 0 Å². The van der Waals surface area contributed by atoms with E-state index in [9.17, 15) is 0 Å². The normalized spacial score (nSPS) is 10.6. The second kappa shape index (κ2) is 6.31. The Balaban J connectivity index is 2.31. The molecule has 0 atom stereocenters. The van der Waals surface area contributed by atoms with Crippen LogP contribution in [-0.4, -0.2) is 20.0 Å². The van der Waals surface area contributed by atoms with Crippen molar-refractivity contribution in [1.29, 1.82) is 0 Å². The van der Waals surface area contributed by atoms with E-state index in [0.29, 0.717) is 5.92 Å². The van der Waals surface area contributed by atoms with Gasteiger partial charge >= 0.3 is 111 Å². The summed E-state index contributed by atoms with van der Waals surface area (Å²) in [5.74, 6) is 0.492. The summed E-state index contributed by atoms with van der Waals surface area (Å²) in [5.41, 5.74) is 2.77. The van der Waals surface area contributed by atoms with Crippen molar-refractivity contribution in [3.63, 3.8) is 0 Å². The van der Waals surface area contributed by atoms with Crippen LogP contribution in [0.2, 0.25) is 4.44 Å². The van der Waals surface area contributed by atoms with E-state index in [-0.39, 0.29) is 0 Å². The summed E-state index contributed by atoms with van der Waals surface area (Å²) in [7, 11) is 6.07. The Hall–Kier alpha value is -0.471. The molecule has 0 spiro atoms. The van der Waals surface area contributed by atoms with E-state index in [0.717, 1.165) is 4.44 Å². The standard InChI is InChI=1S/C14H13.ClH.Sn/c1-12(13-8-4-2-5-9-13)14-10-6-3-7-11-14;;/h2-12H,1H2;1H;/q;;+1/p-1. The van der Waals surface area contributed by atoms with Gasteiger partial charge in [0.15, 0.2) is 0 Å². The molecule has 2 aromatic rings. The van der Waals surface area contributed by atoms with E-state index < -0.39 is 20.0 Å². The zero-order valence-corrected chi connectivity index (χ0v) is 12.5. The molecule has 0 fully saturated rings. The summed E-state index contributed by atoms with van der Waals surface area (Å²) in [4.78, 5) is 0. The van der Waals surface area contributed by atoms with Gasteiger partial charge in [-0.15, -0.1) is 0 Å². The molecule has 16 heavy (non-hydrogen) atoms. The van der Waals surface area contributed by atoms with E-state index in [1.54, 1.807) is 0 Å². The molecule has 2 radical (unpaired) electrons. The van der Waals surface area contributed by atoms with Crippen molar-refractivity contribution in [2.24, 2.45) is 0 Å². The number of rotatable bonds is 4. The molecule has 0 unspecified atom stereocenters. The van der Waals surface area contributed by atoms with Gasteiger partial charge in [0.25, 0.3) is 0 Å². The summed E-state index contributed by atoms with van der Waals surface area (Å²) in [5, 5.41) is 0. The molecular weight excluding hydrogens is 322 g/mol. The number of halogens is 1. The first-order valence-corrected chi connectivity index (χ1v) is 11.0. The van der Waals surface area contributed by atoms with E-state index in [2.05, 4.69) is 60.7 Å². The average molecular weight is 335 g/mol. The molecule has 80 valence electrons. The van der Waals surface area contributed by atoms with Crippen LogP contribution >= 0.6 is 8.92 Å². The van der Waals surface area contributed by atoms with Crippen molar-refractivity contribution < 1.29 is 0 Å². The van der Waals surface area contributed by atoms with Crippen LogP contribution in [0.4, 0.5) is 0 Å². The topological polar surface area (TPSA) is 0 Å². The predicted molar refractivity (Wildman–Crippen MR) is 71.1 cm³/mol. The Morgan fingerprint density at radius 3 is 1.62 bits per heavy atom. The molecule has 0 aliphatic carbocycles. The minimum absolute atomic E-state index is 0.492. The van der Waals surface area contributed by atoms with Gasteiger partial charge in [0.05, 0.1) is 0 Å². The third-order valence-electron chi connectivity index (χ3n) is 2.69. The molecule has 0 amide bonds. The van der Waals surface area contributed by atoms with E-state index in [1.165, 1.54) is 11.1 Å². The van der Waals surface area contributed by atoms with E-state index in [1.807, 2.05) is 0 Å². The molecule has 0 aromatic heterocycles. The third kappa shape index (κ3) is 3.02. The van der Waals surface area contributed by atoms with Crippen molar-refractivity contribution in [2.75, 3.05) is 0 Å². The van der Waals surface area contributed by atoms with Gasteiger partial charge in [-0.25, -0.2) is 0 Å². The Kier molecular flexibility index (Phi) is 4.73. The SMILES string of the molecule is [Cl][Sn][CH2]C(c1ccccc1)c1ccccc1. The Morgan fingerprint density at radius 2 is 1.25 bits per heavy atom. The van der Waals surface area contributed by atoms with Crippen molar-refractivity contribution in [1.82, 2.24) is 0 Å².